The summed E-state index contributed by atoms with van der Waals surface area (Å²) in [5.41, 5.74) is 0. The molecular weight excluding hydrogens is 733 g/mol. The Labute approximate surface area is 341 Å². The number of unbranched alkanes of at least 4 members (excludes halogenated alkanes) is 12. The summed E-state index contributed by atoms with van der Waals surface area (Å²) in [6, 6.07) is 2.16. The van der Waals surface area contributed by atoms with Crippen molar-refractivity contribution in [3.05, 3.63) is 0 Å². The van der Waals surface area contributed by atoms with Crippen LogP contribution < -0.4 is 15.5 Å². The van der Waals surface area contributed by atoms with Crippen LogP contribution in [-0.4, -0.2) is 116 Å². The third-order valence-corrected chi connectivity index (χ3v) is 16.9. The highest BCUT2D eigenvalue weighted by molar-refractivity contribution is 6.84. The molecule has 0 saturated heterocycles. The van der Waals surface area contributed by atoms with E-state index in [9.17, 15) is 20.1 Å². The molecule has 55 heavy (non-hydrogen) atoms. The minimum Gasteiger partial charge on any atom is -0.550 e. The molecular formula is C42H90N2O9Si2-2. The number of carbonyl (C=O) groups is 2. The van der Waals surface area contributed by atoms with Gasteiger partial charge < -0.3 is 53.8 Å². The Bertz CT molecular complexity index is 837. The lowest BCUT2D eigenvalue weighted by Crippen LogP contribution is -2.44. The van der Waals surface area contributed by atoms with Crippen molar-refractivity contribution >= 4 is 28.6 Å². The third-order valence-electron chi connectivity index (χ3n) is 9.35. The number of nitrogens with zero attached hydrogens (tertiary/aromatic N) is 1. The molecule has 0 heterocycles. The predicted molar refractivity (Wildman–Crippen MR) is 230 cm³/mol. The van der Waals surface area contributed by atoms with E-state index in [1.54, 1.807) is 0 Å². The van der Waals surface area contributed by atoms with Crippen LogP contribution in [0.4, 0.5) is 0 Å². The molecule has 13 heteroatoms. The minimum absolute atomic E-state index is 0.232. The molecule has 0 aromatic heterocycles. The van der Waals surface area contributed by atoms with Crippen molar-refractivity contribution in [1.29, 1.82) is 0 Å². The van der Waals surface area contributed by atoms with Crippen LogP contribution in [-0.2, 0) is 23.2 Å². The van der Waals surface area contributed by atoms with Gasteiger partial charge in [-0.3, -0.25) is 0 Å². The number of hydrogen-bond acceptors (Lipinski definition) is 11. The maximum atomic E-state index is 10.2. The smallest absolute Gasteiger partial charge is 0.173 e. The molecule has 0 aliphatic rings. The largest absolute Gasteiger partial charge is 0.550 e. The maximum Gasteiger partial charge on any atom is 0.173 e. The quantitative estimate of drug-likeness (QED) is 0.0454. The molecule has 0 aromatic rings. The number of aliphatic hydroxyl groups is 2. The van der Waals surface area contributed by atoms with Crippen LogP contribution >= 0.6 is 0 Å². The van der Waals surface area contributed by atoms with Gasteiger partial charge in [-0.05, 0) is 130 Å². The predicted octanol–water partition coefficient (Wildman–Crippen LogP) is 6.65. The Morgan fingerprint density at radius 3 is 1.60 bits per heavy atom. The van der Waals surface area contributed by atoms with Crippen LogP contribution in [0.3, 0.4) is 0 Å². The van der Waals surface area contributed by atoms with Gasteiger partial charge in [0.25, 0.3) is 0 Å². The fraction of sp³-hybridized carbons (Fsp3) is 0.952. The first-order chi connectivity index (χ1) is 26.0. The van der Waals surface area contributed by atoms with Gasteiger partial charge in [0.05, 0.1) is 25.4 Å². The number of carbonyl (C=O) groups excluding carboxylic acids is 2. The first-order valence-corrected chi connectivity index (χ1v) is 28.2. The monoisotopic (exact) mass is 823 g/mol. The van der Waals surface area contributed by atoms with E-state index in [0.717, 1.165) is 77.2 Å². The van der Waals surface area contributed by atoms with Gasteiger partial charge in [0, 0.05) is 25.2 Å². The van der Waals surface area contributed by atoms with Crippen molar-refractivity contribution in [3.63, 3.8) is 0 Å². The van der Waals surface area contributed by atoms with E-state index in [-0.39, 0.29) is 12.5 Å². The average molecular weight is 823 g/mol. The molecule has 2 atom stereocenters. The Morgan fingerprint density at radius 2 is 1.13 bits per heavy atom. The van der Waals surface area contributed by atoms with Gasteiger partial charge in [-0.2, -0.15) is 0 Å². The molecule has 0 amide bonds. The van der Waals surface area contributed by atoms with Gasteiger partial charge in [0.2, 0.25) is 0 Å². The van der Waals surface area contributed by atoms with Gasteiger partial charge in [-0.25, -0.2) is 0 Å². The summed E-state index contributed by atoms with van der Waals surface area (Å²) in [6.45, 7) is 23.1. The van der Waals surface area contributed by atoms with E-state index in [1.165, 1.54) is 83.6 Å². The molecule has 11 nitrogen and oxygen atoms in total. The lowest BCUT2D eigenvalue weighted by molar-refractivity contribution is -0.306. The molecule has 0 radical (unpaired) electrons. The fourth-order valence-corrected chi connectivity index (χ4v) is 14.8. The molecule has 332 valence electrons. The highest BCUT2D eigenvalue weighted by Crippen LogP contribution is 2.24. The van der Waals surface area contributed by atoms with E-state index in [1.807, 2.05) is 6.92 Å². The molecule has 0 spiro atoms. The lowest BCUT2D eigenvalue weighted by atomic mass is 10.1. The molecule has 0 aliphatic carbocycles. The van der Waals surface area contributed by atoms with Crippen LogP contribution in [0.5, 0.6) is 0 Å². The summed E-state index contributed by atoms with van der Waals surface area (Å²) in [7, 11) is -1.27. The van der Waals surface area contributed by atoms with Crippen molar-refractivity contribution in [1.82, 2.24) is 10.2 Å². The normalized spacial score (nSPS) is 12.8. The zero-order valence-corrected chi connectivity index (χ0v) is 39.4. The Hall–Kier alpha value is -0.906. The molecule has 0 saturated carbocycles. The standard InChI is InChI=1S/C28H64N2O5Si2.C12H24O2.C2H4O2/c1-8-27(31)25-33-21-15-23-36(4,5)35-37(6,7)24-16-22-34-26-28(32)17-19-29-18-13-11-10-12-14-20-30(3)9-2;1-2-3-4-5-6-7-8-9-10-11-12(13)14;1-2(3)4/h27-29,31-32H,8-26H2,1-7H3;2-11H2,1H3,(H,13,14);1H3,(H,3,4)/p-2. The van der Waals surface area contributed by atoms with Crippen LogP contribution in [0.15, 0.2) is 0 Å². The Morgan fingerprint density at radius 1 is 0.673 bits per heavy atom. The van der Waals surface area contributed by atoms with Gasteiger partial charge >= 0.3 is 0 Å². The second-order valence-electron chi connectivity index (χ2n) is 16.3. The molecule has 0 rings (SSSR count). The zero-order valence-electron chi connectivity index (χ0n) is 37.4. The van der Waals surface area contributed by atoms with Crippen molar-refractivity contribution in [2.24, 2.45) is 0 Å². The van der Waals surface area contributed by atoms with E-state index < -0.39 is 34.7 Å². The molecule has 0 fully saturated rings. The number of aliphatic hydroxyl groups excluding tert-OH is 2. The first-order valence-electron chi connectivity index (χ1n) is 22.0. The summed E-state index contributed by atoms with van der Waals surface area (Å²) in [6.07, 6.45) is 20.3. The number of rotatable bonds is 37. The van der Waals surface area contributed by atoms with Gasteiger partial charge in [-0.15, -0.1) is 0 Å². The first kappa shape index (κ1) is 58.4. The fourth-order valence-electron chi connectivity index (χ4n) is 5.98. The zero-order chi connectivity index (χ0) is 42.2. The van der Waals surface area contributed by atoms with Crippen molar-refractivity contribution in [2.45, 2.75) is 200 Å². The summed E-state index contributed by atoms with van der Waals surface area (Å²) in [5.74, 6) is -1.99. The molecule has 0 aromatic carbocycles. The molecule has 0 bridgehead atoms. The number of nitrogens with one attached hydrogen (secondary N) is 1. The van der Waals surface area contributed by atoms with E-state index >= 15 is 0 Å². The number of carboxylic acids is 2. The summed E-state index contributed by atoms with van der Waals surface area (Å²) >= 11 is 0. The van der Waals surface area contributed by atoms with E-state index in [0.29, 0.717) is 26.4 Å². The van der Waals surface area contributed by atoms with E-state index in [2.05, 4.69) is 57.3 Å². The number of carboxylic acid groups (broad SMARTS) is 2. The highest BCUT2D eigenvalue weighted by Gasteiger charge is 2.32. The topological polar surface area (TPSA) is 164 Å². The van der Waals surface area contributed by atoms with Crippen molar-refractivity contribution in [3.8, 4) is 0 Å². The lowest BCUT2D eigenvalue weighted by Gasteiger charge is -2.34. The molecule has 0 aliphatic heterocycles. The summed E-state index contributed by atoms with van der Waals surface area (Å²) in [4.78, 5) is 21.4. The van der Waals surface area contributed by atoms with Crippen LogP contribution in [0.2, 0.25) is 38.3 Å². The molecule has 3 N–H and O–H groups in total. The SMILES string of the molecule is CC(=O)[O-].CCC(O)COCCC[Si](C)(C)O[Si](C)(C)CCCOCC(O)CCNCCCCCCCN(C)CC.CCCCCCCCCCCC(=O)[O-]. The third kappa shape index (κ3) is 53.1. The Kier molecular flexibility index (Phi) is 43.8. The number of aliphatic carboxylic acids is 2. The summed E-state index contributed by atoms with van der Waals surface area (Å²) < 4.78 is 18.0. The minimum atomic E-state index is -1.73. The van der Waals surface area contributed by atoms with Gasteiger partial charge in [0.15, 0.2) is 16.6 Å². The highest BCUT2D eigenvalue weighted by atomic mass is 28.4. The van der Waals surface area contributed by atoms with E-state index in [4.69, 9.17) is 23.5 Å². The summed E-state index contributed by atoms with van der Waals surface area (Å²) in [5, 5.41) is 42.2. The molecule has 2 unspecified atom stereocenters. The van der Waals surface area contributed by atoms with Crippen LogP contribution in [0.1, 0.15) is 150 Å². The number of ether oxygens (including phenoxy) is 2. The second kappa shape index (κ2) is 41.3. The van der Waals surface area contributed by atoms with Crippen LogP contribution in [0.25, 0.3) is 0 Å². The second-order valence-corrected chi connectivity index (χ2v) is 25.2. The maximum absolute atomic E-state index is 10.2. The van der Waals surface area contributed by atoms with Gasteiger partial charge in [-0.1, -0.05) is 91.4 Å². The van der Waals surface area contributed by atoms with Crippen molar-refractivity contribution in [2.75, 3.05) is 59.7 Å². The Balaban J connectivity index is -0.00000124. The van der Waals surface area contributed by atoms with Gasteiger partial charge in [0.1, 0.15) is 0 Å². The average Bonchev–Trinajstić information content (AvgIpc) is 3.10. The number of hydrogen-bond donors (Lipinski definition) is 3. The van der Waals surface area contributed by atoms with Crippen molar-refractivity contribution < 1.29 is 43.6 Å². The van der Waals surface area contributed by atoms with Crippen LogP contribution in [0, 0.1) is 0 Å².